The first-order valence-electron chi connectivity index (χ1n) is 7.53. The highest BCUT2D eigenvalue weighted by atomic mass is 16.2. The van der Waals surface area contributed by atoms with E-state index in [2.05, 4.69) is 17.6 Å². The van der Waals surface area contributed by atoms with E-state index in [1.807, 2.05) is 20.8 Å². The minimum Gasteiger partial charge on any atom is -0.352 e. The average molecular weight is 254 g/mol. The number of carbonyl (C=O) groups excluding carboxylic acids is 1. The molecule has 106 valence electrons. The average Bonchev–Trinajstić information content (AvgIpc) is 2.57. The molecule has 0 heterocycles. The molecule has 1 saturated carbocycles. The summed E-state index contributed by atoms with van der Waals surface area (Å²) in [7, 11) is 0. The second-order valence-electron chi connectivity index (χ2n) is 6.17. The van der Waals surface area contributed by atoms with Gasteiger partial charge in [0.2, 0.25) is 5.91 Å². The molecule has 18 heavy (non-hydrogen) atoms. The zero-order valence-corrected chi connectivity index (χ0v) is 12.5. The zero-order valence-electron chi connectivity index (χ0n) is 12.5. The molecule has 0 aromatic carbocycles. The minimum absolute atomic E-state index is 0.126. The zero-order chi connectivity index (χ0) is 13.6. The molecular weight excluding hydrogens is 224 g/mol. The van der Waals surface area contributed by atoms with E-state index >= 15 is 0 Å². The molecule has 0 aromatic rings. The fraction of sp³-hybridized carbons (Fsp3) is 0.933. The second-order valence-corrected chi connectivity index (χ2v) is 6.17. The van der Waals surface area contributed by atoms with Crippen LogP contribution in [0.5, 0.6) is 0 Å². The van der Waals surface area contributed by atoms with E-state index < -0.39 is 5.54 Å². The highest BCUT2D eigenvalue weighted by Crippen LogP contribution is 2.25. The molecule has 3 heteroatoms. The van der Waals surface area contributed by atoms with E-state index in [9.17, 15) is 4.79 Å². The highest BCUT2D eigenvalue weighted by Gasteiger charge is 2.29. The summed E-state index contributed by atoms with van der Waals surface area (Å²) in [6.45, 7) is 8.91. The van der Waals surface area contributed by atoms with Crippen molar-refractivity contribution >= 4 is 5.91 Å². The van der Waals surface area contributed by atoms with Crippen LogP contribution in [0, 0.1) is 5.92 Å². The third-order valence-electron chi connectivity index (χ3n) is 4.15. The Labute approximate surface area is 112 Å². The van der Waals surface area contributed by atoms with Gasteiger partial charge in [-0.2, -0.15) is 0 Å². The van der Waals surface area contributed by atoms with Gasteiger partial charge in [-0.3, -0.25) is 4.79 Å². The molecule has 0 unspecified atom stereocenters. The molecule has 1 amide bonds. The lowest BCUT2D eigenvalue weighted by Crippen LogP contribution is -2.55. The lowest BCUT2D eigenvalue weighted by atomic mass is 9.92. The molecule has 0 saturated heterocycles. The summed E-state index contributed by atoms with van der Waals surface area (Å²) >= 11 is 0. The Kier molecular flexibility index (Phi) is 6.13. The van der Waals surface area contributed by atoms with E-state index in [-0.39, 0.29) is 5.91 Å². The van der Waals surface area contributed by atoms with Gasteiger partial charge in [0.15, 0.2) is 0 Å². The first-order valence-corrected chi connectivity index (χ1v) is 7.53. The van der Waals surface area contributed by atoms with E-state index in [0.717, 1.165) is 6.54 Å². The smallest absolute Gasteiger partial charge is 0.239 e. The third-order valence-corrected chi connectivity index (χ3v) is 4.15. The van der Waals surface area contributed by atoms with Gasteiger partial charge in [0, 0.05) is 6.04 Å². The van der Waals surface area contributed by atoms with Crippen LogP contribution in [0.25, 0.3) is 0 Å². The lowest BCUT2D eigenvalue weighted by molar-refractivity contribution is -0.127. The number of rotatable bonds is 5. The summed E-state index contributed by atoms with van der Waals surface area (Å²) in [6, 6.07) is 0.300. The number of hydrogen-bond acceptors (Lipinski definition) is 2. The molecule has 2 N–H and O–H groups in total. The van der Waals surface area contributed by atoms with Crippen molar-refractivity contribution in [2.24, 2.45) is 5.92 Å². The van der Waals surface area contributed by atoms with E-state index in [1.165, 1.54) is 38.5 Å². The number of amides is 1. The van der Waals surface area contributed by atoms with Gasteiger partial charge in [-0.1, -0.05) is 32.6 Å². The van der Waals surface area contributed by atoms with Crippen LogP contribution < -0.4 is 10.6 Å². The molecule has 1 fully saturated rings. The molecule has 0 bridgehead atoms. The summed E-state index contributed by atoms with van der Waals surface area (Å²) < 4.78 is 0. The Morgan fingerprint density at radius 2 is 1.78 bits per heavy atom. The van der Waals surface area contributed by atoms with Crippen LogP contribution in [0.15, 0.2) is 0 Å². The van der Waals surface area contributed by atoms with Crippen LogP contribution in [0.4, 0.5) is 0 Å². The van der Waals surface area contributed by atoms with Gasteiger partial charge in [0.1, 0.15) is 0 Å². The van der Waals surface area contributed by atoms with Crippen LogP contribution in [-0.4, -0.2) is 24.0 Å². The Morgan fingerprint density at radius 1 is 1.22 bits per heavy atom. The van der Waals surface area contributed by atoms with E-state index in [0.29, 0.717) is 12.0 Å². The number of hydrogen-bond donors (Lipinski definition) is 2. The van der Waals surface area contributed by atoms with Crippen molar-refractivity contribution in [3.05, 3.63) is 0 Å². The normalized spacial score (nSPS) is 20.2. The summed E-state index contributed by atoms with van der Waals surface area (Å²) in [6.07, 6.45) is 7.90. The van der Waals surface area contributed by atoms with Crippen LogP contribution in [-0.2, 0) is 4.79 Å². The van der Waals surface area contributed by atoms with Gasteiger partial charge in [0.05, 0.1) is 5.54 Å². The lowest BCUT2D eigenvalue weighted by Gasteiger charge is -2.30. The quantitative estimate of drug-likeness (QED) is 0.741. The molecule has 0 radical (unpaired) electrons. The highest BCUT2D eigenvalue weighted by molar-refractivity contribution is 5.85. The molecule has 3 nitrogen and oxygen atoms in total. The molecular formula is C15H30N2O. The van der Waals surface area contributed by atoms with Crippen LogP contribution in [0.2, 0.25) is 0 Å². The van der Waals surface area contributed by atoms with Gasteiger partial charge in [0.25, 0.3) is 0 Å². The molecule has 0 aromatic heterocycles. The Morgan fingerprint density at radius 3 is 2.28 bits per heavy atom. The fourth-order valence-electron chi connectivity index (χ4n) is 2.84. The van der Waals surface area contributed by atoms with Gasteiger partial charge < -0.3 is 10.6 Å². The Hall–Kier alpha value is -0.570. The van der Waals surface area contributed by atoms with Crippen molar-refractivity contribution in [1.29, 1.82) is 0 Å². The van der Waals surface area contributed by atoms with Crippen molar-refractivity contribution in [2.75, 3.05) is 6.54 Å². The molecule has 1 atom stereocenters. The predicted octanol–water partition coefficient (Wildman–Crippen LogP) is 2.85. The van der Waals surface area contributed by atoms with Gasteiger partial charge >= 0.3 is 0 Å². The summed E-state index contributed by atoms with van der Waals surface area (Å²) in [4.78, 5) is 12.2. The molecule has 1 rings (SSSR count). The fourth-order valence-corrected chi connectivity index (χ4v) is 2.84. The van der Waals surface area contributed by atoms with Crippen molar-refractivity contribution in [3.8, 4) is 0 Å². The molecule has 1 aliphatic carbocycles. The topological polar surface area (TPSA) is 41.1 Å². The van der Waals surface area contributed by atoms with Gasteiger partial charge in [-0.15, -0.1) is 0 Å². The monoisotopic (exact) mass is 254 g/mol. The van der Waals surface area contributed by atoms with E-state index in [4.69, 9.17) is 0 Å². The molecule has 0 aliphatic heterocycles. The maximum atomic E-state index is 12.2. The molecule has 0 spiro atoms. The summed E-state index contributed by atoms with van der Waals surface area (Å²) in [5.74, 6) is 0.787. The standard InChI is InChI=1S/C15H30N2O/c1-5-16-15(3,4)14(18)17-12(2)13-10-8-6-7-9-11-13/h12-13,16H,5-11H2,1-4H3,(H,17,18)/t12-/m1/s1. The van der Waals surface area contributed by atoms with Crippen LogP contribution in [0.1, 0.15) is 66.2 Å². The first kappa shape index (κ1) is 15.5. The van der Waals surface area contributed by atoms with Crippen molar-refractivity contribution < 1.29 is 4.79 Å². The van der Waals surface area contributed by atoms with Crippen LogP contribution in [0.3, 0.4) is 0 Å². The SMILES string of the molecule is CCNC(C)(C)C(=O)N[C@H](C)C1CCCCCC1. The van der Waals surface area contributed by atoms with Gasteiger partial charge in [-0.05, 0) is 46.1 Å². The van der Waals surface area contributed by atoms with Crippen LogP contribution >= 0.6 is 0 Å². The predicted molar refractivity (Wildman–Crippen MR) is 76.6 cm³/mol. The Bertz CT molecular complexity index is 255. The number of nitrogens with one attached hydrogen (secondary N) is 2. The number of carbonyl (C=O) groups is 1. The summed E-state index contributed by atoms with van der Waals surface area (Å²) in [5, 5.41) is 6.43. The van der Waals surface area contributed by atoms with Crippen molar-refractivity contribution in [2.45, 2.75) is 77.8 Å². The second kappa shape index (κ2) is 7.13. The van der Waals surface area contributed by atoms with E-state index in [1.54, 1.807) is 0 Å². The number of likely N-dealkylation sites (N-methyl/N-ethyl adjacent to an activating group) is 1. The third kappa shape index (κ3) is 4.60. The largest absolute Gasteiger partial charge is 0.352 e. The maximum Gasteiger partial charge on any atom is 0.239 e. The maximum absolute atomic E-state index is 12.2. The van der Waals surface area contributed by atoms with Crippen molar-refractivity contribution in [3.63, 3.8) is 0 Å². The van der Waals surface area contributed by atoms with Crippen molar-refractivity contribution in [1.82, 2.24) is 10.6 Å². The van der Waals surface area contributed by atoms with Gasteiger partial charge in [-0.25, -0.2) is 0 Å². The Balaban J connectivity index is 2.47. The first-order chi connectivity index (χ1) is 8.47. The minimum atomic E-state index is -0.465. The summed E-state index contributed by atoms with van der Waals surface area (Å²) in [5.41, 5.74) is -0.465. The molecule has 1 aliphatic rings.